The summed E-state index contributed by atoms with van der Waals surface area (Å²) in [6, 6.07) is 17.7. The van der Waals surface area contributed by atoms with E-state index in [4.69, 9.17) is 9.84 Å². The average Bonchev–Trinajstić information content (AvgIpc) is 3.06. The second-order valence-electron chi connectivity index (χ2n) is 11.5. The number of nitro benzene ring substituents is 1. The number of nitrogens with zero attached hydrogens (tertiary/aromatic N) is 2. The number of aliphatic hydroxyl groups excluding tert-OH is 2. The van der Waals surface area contributed by atoms with Crippen LogP contribution in [0.4, 0.5) is 10.5 Å². The average molecular weight is 670 g/mol. The number of carbonyl (C=O) groups is 2. The van der Waals surface area contributed by atoms with Gasteiger partial charge in [0.1, 0.15) is 5.75 Å². The normalized spacial score (nSPS) is 14.3. The van der Waals surface area contributed by atoms with Gasteiger partial charge in [-0.15, -0.1) is 0 Å². The third-order valence-corrected chi connectivity index (χ3v) is 9.30. The van der Waals surface area contributed by atoms with Crippen LogP contribution in [0.5, 0.6) is 5.75 Å². The maximum atomic E-state index is 13.0. The predicted molar refractivity (Wildman–Crippen MR) is 174 cm³/mol. The zero-order chi connectivity index (χ0) is 34.0. The molecule has 0 aromatic heterocycles. The van der Waals surface area contributed by atoms with Crippen molar-refractivity contribution >= 4 is 27.7 Å². The molecule has 0 heterocycles. The van der Waals surface area contributed by atoms with Gasteiger partial charge in [-0.3, -0.25) is 14.9 Å². The van der Waals surface area contributed by atoms with Gasteiger partial charge < -0.3 is 25.0 Å². The molecular weight excluding hydrogens is 630 g/mol. The van der Waals surface area contributed by atoms with Gasteiger partial charge in [0.25, 0.3) is 11.6 Å². The minimum Gasteiger partial charge on any atom is -0.490 e. The Hall–Kier alpha value is -4.53. The van der Waals surface area contributed by atoms with Gasteiger partial charge in [0.05, 0.1) is 35.0 Å². The quantitative estimate of drug-likeness (QED) is 0.130. The number of non-ortho nitro benzene ring substituents is 1. The summed E-state index contributed by atoms with van der Waals surface area (Å²) in [6.45, 7) is -0.506. The largest absolute Gasteiger partial charge is 0.490 e. The van der Waals surface area contributed by atoms with E-state index in [9.17, 15) is 38.3 Å². The van der Waals surface area contributed by atoms with E-state index in [1.54, 1.807) is 12.1 Å². The van der Waals surface area contributed by atoms with E-state index in [-0.39, 0.29) is 60.5 Å². The van der Waals surface area contributed by atoms with E-state index in [2.05, 4.69) is 4.72 Å². The lowest BCUT2D eigenvalue weighted by Gasteiger charge is -2.24. The highest BCUT2D eigenvalue weighted by atomic mass is 32.2. The van der Waals surface area contributed by atoms with Crippen LogP contribution in [-0.2, 0) is 16.4 Å². The summed E-state index contributed by atoms with van der Waals surface area (Å²) in [5.74, 6) is -0.928. The van der Waals surface area contributed by atoms with E-state index in [1.807, 2.05) is 24.3 Å². The topological polar surface area (TPSA) is 197 Å². The van der Waals surface area contributed by atoms with Gasteiger partial charge in [-0.2, -0.15) is 0 Å². The predicted octanol–water partition coefficient (Wildman–Crippen LogP) is 4.67. The lowest BCUT2D eigenvalue weighted by atomic mass is 9.97. The summed E-state index contributed by atoms with van der Waals surface area (Å²) in [6.07, 6.45) is 2.50. The van der Waals surface area contributed by atoms with E-state index < -0.39 is 33.1 Å². The number of rotatable bonds is 15. The monoisotopic (exact) mass is 669 g/mol. The number of carbonyl (C=O) groups excluding carboxylic acids is 1. The molecule has 252 valence electrons. The molecule has 1 saturated carbocycles. The fourth-order valence-electron chi connectivity index (χ4n) is 5.40. The number of nitrogens with one attached hydrogen (secondary N) is 1. The van der Waals surface area contributed by atoms with Crippen molar-refractivity contribution in [2.75, 3.05) is 25.4 Å². The molecule has 0 radical (unpaired) electrons. The van der Waals surface area contributed by atoms with Crippen LogP contribution >= 0.6 is 0 Å². The first-order valence-electron chi connectivity index (χ1n) is 15.4. The Morgan fingerprint density at radius 3 is 2.38 bits per heavy atom. The first-order valence-corrected chi connectivity index (χ1v) is 17.1. The van der Waals surface area contributed by atoms with Crippen molar-refractivity contribution < 1.29 is 43.0 Å². The Morgan fingerprint density at radius 1 is 1.02 bits per heavy atom. The highest BCUT2D eigenvalue weighted by Gasteiger charge is 2.23. The number of ether oxygens (including phenoxy) is 1. The maximum Gasteiger partial charge on any atom is 0.407 e. The fourth-order valence-corrected chi connectivity index (χ4v) is 6.41. The Balaban J connectivity index is 1.47. The van der Waals surface area contributed by atoms with Crippen molar-refractivity contribution in [3.63, 3.8) is 0 Å². The third-order valence-electron chi connectivity index (χ3n) is 7.98. The molecular formula is C33H39N3O10S. The number of amides is 2. The molecule has 13 nitrogen and oxygen atoms in total. The molecule has 3 aromatic carbocycles. The van der Waals surface area contributed by atoms with Crippen molar-refractivity contribution in [1.82, 2.24) is 9.62 Å². The first kappa shape index (κ1) is 35.3. The van der Waals surface area contributed by atoms with E-state index in [0.29, 0.717) is 6.42 Å². The van der Waals surface area contributed by atoms with E-state index in [1.165, 1.54) is 30.3 Å². The molecule has 1 fully saturated rings. The third kappa shape index (κ3) is 10.2. The maximum absolute atomic E-state index is 13.0. The second kappa shape index (κ2) is 16.3. The molecule has 0 saturated heterocycles. The molecule has 14 heteroatoms. The Morgan fingerprint density at radius 2 is 1.72 bits per heavy atom. The van der Waals surface area contributed by atoms with Gasteiger partial charge >= 0.3 is 6.09 Å². The first-order chi connectivity index (χ1) is 22.5. The molecule has 3 aromatic rings. The highest BCUT2D eigenvalue weighted by Crippen LogP contribution is 2.31. The van der Waals surface area contributed by atoms with Crippen LogP contribution in [0.2, 0.25) is 0 Å². The number of hydrogen-bond donors (Lipinski definition) is 4. The van der Waals surface area contributed by atoms with Crippen molar-refractivity contribution in [3.8, 4) is 16.9 Å². The lowest BCUT2D eigenvalue weighted by Crippen LogP contribution is -2.35. The number of nitro groups is 1. The summed E-state index contributed by atoms with van der Waals surface area (Å²) < 4.78 is 33.0. The SMILES string of the molecule is O=C(NS(=O)(=O)CCCO)c1ccc(-c2ccc(CCN(C[C@H](O)c3cccc([N+](=O)[O-])c3)C(=O)O)cc2)cc1OC1CCCCC1. The van der Waals surface area contributed by atoms with Gasteiger partial charge in [-0.05, 0) is 72.9 Å². The summed E-state index contributed by atoms with van der Waals surface area (Å²) in [7, 11) is -3.94. The summed E-state index contributed by atoms with van der Waals surface area (Å²) in [5, 5.41) is 40.3. The van der Waals surface area contributed by atoms with E-state index >= 15 is 0 Å². The molecule has 0 unspecified atom stereocenters. The fraction of sp³-hybridized carbons (Fsp3) is 0.394. The van der Waals surface area contributed by atoms with Crippen LogP contribution in [-0.4, -0.2) is 77.1 Å². The molecule has 1 aliphatic rings. The number of benzene rings is 3. The van der Waals surface area contributed by atoms with Gasteiger partial charge in [0, 0.05) is 25.3 Å². The van der Waals surface area contributed by atoms with Crippen LogP contribution in [0.3, 0.4) is 0 Å². The molecule has 1 atom stereocenters. The lowest BCUT2D eigenvalue weighted by molar-refractivity contribution is -0.385. The Kier molecular flexibility index (Phi) is 12.3. The van der Waals surface area contributed by atoms with Gasteiger partial charge in [-0.1, -0.05) is 48.9 Å². The molecule has 0 bridgehead atoms. The van der Waals surface area contributed by atoms with Gasteiger partial charge in [0.2, 0.25) is 10.0 Å². The van der Waals surface area contributed by atoms with Crippen molar-refractivity contribution in [2.24, 2.45) is 0 Å². The zero-order valence-corrected chi connectivity index (χ0v) is 26.6. The molecule has 2 amide bonds. The molecule has 1 aliphatic carbocycles. The van der Waals surface area contributed by atoms with Crippen LogP contribution < -0.4 is 9.46 Å². The molecule has 0 aliphatic heterocycles. The standard InChI is InChI=1S/C33H39N3O10S/c37-18-5-19-47(44,45)34-32(39)29-15-14-25(21-31(29)46-28-8-2-1-3-9-28)24-12-10-23(11-13-24)16-17-35(33(40)41)22-30(38)26-6-4-7-27(20-26)36(42)43/h4,6-7,10-15,20-21,28,30,37-38H,1-3,5,8-9,16-19,22H2,(H,34,39)(H,40,41)/t30-/m0/s1. The minimum absolute atomic E-state index is 0.000280. The van der Waals surface area contributed by atoms with Crippen LogP contribution in [0, 0.1) is 10.1 Å². The summed E-state index contributed by atoms with van der Waals surface area (Å²) in [4.78, 5) is 36.5. The highest BCUT2D eigenvalue weighted by molar-refractivity contribution is 7.90. The van der Waals surface area contributed by atoms with E-state index in [0.717, 1.165) is 53.7 Å². The van der Waals surface area contributed by atoms with Crippen molar-refractivity contribution in [2.45, 2.75) is 57.2 Å². The molecule has 47 heavy (non-hydrogen) atoms. The number of hydrogen-bond acceptors (Lipinski definition) is 9. The second-order valence-corrected chi connectivity index (χ2v) is 13.3. The Bertz CT molecular complexity index is 1660. The minimum atomic E-state index is -3.94. The van der Waals surface area contributed by atoms with Crippen LogP contribution in [0.25, 0.3) is 11.1 Å². The van der Waals surface area contributed by atoms with Gasteiger partial charge in [0.15, 0.2) is 0 Å². The summed E-state index contributed by atoms with van der Waals surface area (Å²) >= 11 is 0. The number of sulfonamides is 1. The molecule has 4 rings (SSSR count). The summed E-state index contributed by atoms with van der Waals surface area (Å²) in [5.41, 5.74) is 2.48. The number of aliphatic hydroxyl groups is 2. The molecule has 0 spiro atoms. The van der Waals surface area contributed by atoms with Crippen molar-refractivity contribution in [1.29, 1.82) is 0 Å². The smallest absolute Gasteiger partial charge is 0.407 e. The van der Waals surface area contributed by atoms with Crippen LogP contribution in [0.15, 0.2) is 66.7 Å². The Labute approximate surface area is 273 Å². The number of carboxylic acid groups (broad SMARTS) is 1. The zero-order valence-electron chi connectivity index (χ0n) is 25.8. The molecule has 4 N–H and O–H groups in total. The van der Waals surface area contributed by atoms with Crippen LogP contribution in [0.1, 0.15) is 66.1 Å². The van der Waals surface area contributed by atoms with Gasteiger partial charge in [-0.25, -0.2) is 17.9 Å². The van der Waals surface area contributed by atoms with Crippen molar-refractivity contribution in [3.05, 3.63) is 93.5 Å².